The maximum absolute atomic E-state index is 5.74. The van der Waals surface area contributed by atoms with Crippen LogP contribution < -0.4 is 5.73 Å². The molecule has 2 N–H and O–H groups in total. The second-order valence-electron chi connectivity index (χ2n) is 3.77. The molecule has 1 aromatic heterocycles. The van der Waals surface area contributed by atoms with Crippen molar-refractivity contribution in [2.75, 3.05) is 0 Å². The molecule has 0 fully saturated rings. The van der Waals surface area contributed by atoms with E-state index in [-0.39, 0.29) is 12.4 Å². The van der Waals surface area contributed by atoms with E-state index in [2.05, 4.69) is 30.2 Å². The summed E-state index contributed by atoms with van der Waals surface area (Å²) < 4.78 is 1.80. The van der Waals surface area contributed by atoms with Crippen molar-refractivity contribution >= 4 is 12.4 Å². The highest BCUT2D eigenvalue weighted by molar-refractivity contribution is 5.85. The molecule has 3 nitrogen and oxygen atoms in total. The van der Waals surface area contributed by atoms with Crippen LogP contribution in [0.1, 0.15) is 11.1 Å². The summed E-state index contributed by atoms with van der Waals surface area (Å²) in [7, 11) is 1.92. The van der Waals surface area contributed by atoms with E-state index in [1.165, 1.54) is 16.7 Å². The molecule has 2 aromatic rings. The van der Waals surface area contributed by atoms with Gasteiger partial charge in [0.15, 0.2) is 0 Å². The SMILES string of the molecule is Cc1ccc(-c2cnn(C)c2)c(CN)c1.Cl. The van der Waals surface area contributed by atoms with Gasteiger partial charge in [0.25, 0.3) is 0 Å². The number of hydrogen-bond donors (Lipinski definition) is 1. The van der Waals surface area contributed by atoms with Crippen LogP contribution in [0.4, 0.5) is 0 Å². The van der Waals surface area contributed by atoms with E-state index in [1.807, 2.05) is 19.4 Å². The molecule has 0 amide bonds. The summed E-state index contributed by atoms with van der Waals surface area (Å²) in [5, 5.41) is 4.17. The smallest absolute Gasteiger partial charge is 0.0568 e. The van der Waals surface area contributed by atoms with Crippen molar-refractivity contribution in [1.82, 2.24) is 9.78 Å². The average Bonchev–Trinajstić information content (AvgIpc) is 2.64. The fourth-order valence-electron chi connectivity index (χ4n) is 1.73. The van der Waals surface area contributed by atoms with Crippen molar-refractivity contribution in [3.05, 3.63) is 41.7 Å². The molecule has 2 rings (SSSR count). The van der Waals surface area contributed by atoms with Gasteiger partial charge in [-0.25, -0.2) is 0 Å². The van der Waals surface area contributed by atoms with Crippen LogP contribution in [0.25, 0.3) is 11.1 Å². The standard InChI is InChI=1S/C12H15N3.ClH/c1-9-3-4-12(10(5-9)6-13)11-7-14-15(2)8-11;/h3-5,7-8H,6,13H2,1-2H3;1H. The van der Waals surface area contributed by atoms with Gasteiger partial charge in [-0.2, -0.15) is 5.10 Å². The largest absolute Gasteiger partial charge is 0.326 e. The lowest BCUT2D eigenvalue weighted by atomic mass is 10.0. The van der Waals surface area contributed by atoms with Crippen LogP contribution in [0.15, 0.2) is 30.6 Å². The number of aryl methyl sites for hydroxylation is 2. The lowest BCUT2D eigenvalue weighted by molar-refractivity contribution is 0.768. The Balaban J connectivity index is 0.00000128. The van der Waals surface area contributed by atoms with E-state index >= 15 is 0 Å². The molecular formula is C12H16ClN3. The fourth-order valence-corrected chi connectivity index (χ4v) is 1.73. The number of nitrogens with two attached hydrogens (primary N) is 1. The van der Waals surface area contributed by atoms with Crippen molar-refractivity contribution in [3.63, 3.8) is 0 Å². The van der Waals surface area contributed by atoms with Crippen LogP contribution in [0.2, 0.25) is 0 Å². The third-order valence-electron chi connectivity index (χ3n) is 2.50. The second-order valence-corrected chi connectivity index (χ2v) is 3.77. The van der Waals surface area contributed by atoms with Gasteiger partial charge in [-0.05, 0) is 18.1 Å². The predicted molar refractivity (Wildman–Crippen MR) is 68.5 cm³/mol. The first kappa shape index (κ1) is 12.7. The highest BCUT2D eigenvalue weighted by Gasteiger charge is 2.05. The summed E-state index contributed by atoms with van der Waals surface area (Å²) in [5.41, 5.74) is 10.4. The van der Waals surface area contributed by atoms with Crippen molar-refractivity contribution in [3.8, 4) is 11.1 Å². The molecule has 16 heavy (non-hydrogen) atoms. The number of halogens is 1. The Hall–Kier alpha value is -1.32. The van der Waals surface area contributed by atoms with E-state index in [0.717, 1.165) is 5.56 Å². The van der Waals surface area contributed by atoms with Crippen LogP contribution in [-0.4, -0.2) is 9.78 Å². The quantitative estimate of drug-likeness (QED) is 0.871. The molecule has 1 heterocycles. The molecule has 0 unspecified atom stereocenters. The molecule has 0 atom stereocenters. The minimum Gasteiger partial charge on any atom is -0.326 e. The van der Waals surface area contributed by atoms with Crippen LogP contribution in [0.3, 0.4) is 0 Å². The van der Waals surface area contributed by atoms with Crippen molar-refractivity contribution < 1.29 is 0 Å². The Morgan fingerprint density at radius 1 is 1.38 bits per heavy atom. The highest BCUT2D eigenvalue weighted by atomic mass is 35.5. The van der Waals surface area contributed by atoms with Crippen molar-refractivity contribution in [1.29, 1.82) is 0 Å². The summed E-state index contributed by atoms with van der Waals surface area (Å²) >= 11 is 0. The normalized spacial score (nSPS) is 9.94. The van der Waals surface area contributed by atoms with Crippen LogP contribution in [0, 0.1) is 6.92 Å². The van der Waals surface area contributed by atoms with Gasteiger partial charge in [0.1, 0.15) is 0 Å². The first-order valence-corrected chi connectivity index (χ1v) is 4.99. The minimum absolute atomic E-state index is 0. The molecule has 0 aliphatic carbocycles. The number of nitrogens with zero attached hydrogens (tertiary/aromatic N) is 2. The van der Waals surface area contributed by atoms with Gasteiger partial charge in [0.05, 0.1) is 6.20 Å². The number of benzene rings is 1. The third kappa shape index (κ3) is 2.43. The van der Waals surface area contributed by atoms with Crippen LogP contribution in [0.5, 0.6) is 0 Å². The maximum Gasteiger partial charge on any atom is 0.0568 e. The van der Waals surface area contributed by atoms with Gasteiger partial charge in [0.2, 0.25) is 0 Å². The summed E-state index contributed by atoms with van der Waals surface area (Å²) in [6, 6.07) is 6.33. The fraction of sp³-hybridized carbons (Fsp3) is 0.250. The Labute approximate surface area is 102 Å². The molecule has 0 saturated carbocycles. The molecule has 1 aromatic carbocycles. The number of hydrogen-bond acceptors (Lipinski definition) is 2. The first-order chi connectivity index (χ1) is 7.20. The average molecular weight is 238 g/mol. The van der Waals surface area contributed by atoms with Gasteiger partial charge in [-0.1, -0.05) is 23.8 Å². The van der Waals surface area contributed by atoms with E-state index in [0.29, 0.717) is 6.54 Å². The molecule has 0 aliphatic heterocycles. The zero-order valence-electron chi connectivity index (χ0n) is 9.47. The molecule has 86 valence electrons. The van der Waals surface area contributed by atoms with E-state index in [4.69, 9.17) is 5.73 Å². The zero-order chi connectivity index (χ0) is 10.8. The molecule has 0 bridgehead atoms. The predicted octanol–water partition coefficient (Wildman–Crippen LogP) is 2.28. The third-order valence-corrected chi connectivity index (χ3v) is 2.50. The highest BCUT2D eigenvalue weighted by Crippen LogP contribution is 2.23. The lowest BCUT2D eigenvalue weighted by Gasteiger charge is -2.06. The van der Waals surface area contributed by atoms with Gasteiger partial charge in [0, 0.05) is 25.4 Å². The second kappa shape index (κ2) is 5.14. The van der Waals surface area contributed by atoms with Gasteiger partial charge in [-0.3, -0.25) is 4.68 Å². The molecule has 0 aliphatic rings. The minimum atomic E-state index is 0. The van der Waals surface area contributed by atoms with Gasteiger partial charge >= 0.3 is 0 Å². The summed E-state index contributed by atoms with van der Waals surface area (Å²) in [4.78, 5) is 0. The van der Waals surface area contributed by atoms with Gasteiger partial charge < -0.3 is 5.73 Å². The lowest BCUT2D eigenvalue weighted by Crippen LogP contribution is -1.99. The van der Waals surface area contributed by atoms with E-state index < -0.39 is 0 Å². The monoisotopic (exact) mass is 237 g/mol. The number of aromatic nitrogens is 2. The number of rotatable bonds is 2. The Morgan fingerprint density at radius 2 is 2.12 bits per heavy atom. The summed E-state index contributed by atoms with van der Waals surface area (Å²) in [5.74, 6) is 0. The summed E-state index contributed by atoms with van der Waals surface area (Å²) in [6.07, 6.45) is 3.87. The van der Waals surface area contributed by atoms with Crippen molar-refractivity contribution in [2.24, 2.45) is 12.8 Å². The molecule has 4 heteroatoms. The topological polar surface area (TPSA) is 43.8 Å². The molecule has 0 spiro atoms. The van der Waals surface area contributed by atoms with E-state index in [9.17, 15) is 0 Å². The van der Waals surface area contributed by atoms with Crippen LogP contribution >= 0.6 is 12.4 Å². The first-order valence-electron chi connectivity index (χ1n) is 4.99. The van der Waals surface area contributed by atoms with E-state index in [1.54, 1.807) is 4.68 Å². The molecular weight excluding hydrogens is 222 g/mol. The summed E-state index contributed by atoms with van der Waals surface area (Å²) in [6.45, 7) is 2.64. The zero-order valence-corrected chi connectivity index (χ0v) is 10.3. The van der Waals surface area contributed by atoms with Crippen molar-refractivity contribution in [2.45, 2.75) is 13.5 Å². The Morgan fingerprint density at radius 3 is 2.69 bits per heavy atom. The Bertz CT molecular complexity index is 477. The Kier molecular flexibility index (Phi) is 4.10. The van der Waals surface area contributed by atoms with Crippen LogP contribution in [-0.2, 0) is 13.6 Å². The van der Waals surface area contributed by atoms with Gasteiger partial charge in [-0.15, -0.1) is 12.4 Å². The maximum atomic E-state index is 5.74. The molecule has 0 radical (unpaired) electrons. The molecule has 0 saturated heterocycles.